The Morgan fingerprint density at radius 1 is 0.667 bits per heavy atom. The molecule has 4 rings (SSSR count). The summed E-state index contributed by atoms with van der Waals surface area (Å²) in [6, 6.07) is 29.7. The van der Waals surface area contributed by atoms with Crippen LogP contribution in [0.5, 0.6) is 5.75 Å². The third-order valence-corrected chi connectivity index (χ3v) is 6.25. The number of carbonyl (C=O) groups is 2. The second kappa shape index (κ2) is 14.3. The van der Waals surface area contributed by atoms with Crippen molar-refractivity contribution in [2.45, 2.75) is 6.61 Å². The van der Waals surface area contributed by atoms with Crippen LogP contribution in [-0.4, -0.2) is 52.4 Å². The van der Waals surface area contributed by atoms with Crippen molar-refractivity contribution >= 4 is 35.6 Å². The van der Waals surface area contributed by atoms with Gasteiger partial charge in [-0.05, 0) is 83.4 Å². The molecule has 2 amide bonds. The van der Waals surface area contributed by atoms with Crippen molar-refractivity contribution in [3.8, 4) is 5.75 Å². The van der Waals surface area contributed by atoms with Crippen LogP contribution in [0, 0.1) is 0 Å². The van der Waals surface area contributed by atoms with Gasteiger partial charge in [-0.25, -0.2) is 10.9 Å². The number of nitrogens with one attached hydrogen (secondary N) is 2. The minimum atomic E-state index is -0.323. The number of amides is 2. The summed E-state index contributed by atoms with van der Waals surface area (Å²) in [5.41, 5.74) is 10.5. The predicted octanol–water partition coefficient (Wildman–Crippen LogP) is 4.93. The van der Waals surface area contributed by atoms with Gasteiger partial charge in [0, 0.05) is 50.7 Å². The lowest BCUT2D eigenvalue weighted by Gasteiger charge is -2.12. The molecular weight excluding hydrogens is 528 g/mol. The summed E-state index contributed by atoms with van der Waals surface area (Å²) in [6.07, 6.45) is 3.06. The van der Waals surface area contributed by atoms with E-state index in [4.69, 9.17) is 4.74 Å². The number of carbonyl (C=O) groups excluding carboxylic acids is 2. The number of hydrogen-bond acceptors (Lipinski definition) is 7. The zero-order valence-corrected chi connectivity index (χ0v) is 24.1. The number of benzene rings is 4. The summed E-state index contributed by atoms with van der Waals surface area (Å²) < 4.78 is 6.02. The Kier molecular flexibility index (Phi) is 10.0. The molecule has 0 saturated heterocycles. The fourth-order valence-corrected chi connectivity index (χ4v) is 3.90. The smallest absolute Gasteiger partial charge is 0.271 e. The number of anilines is 2. The SMILES string of the molecule is CN(C)c1ccc(C(=O)NN=Cc2cc(C=NNC(=O)c3ccc(N(C)C)cc3)cc(OCc3ccccc3)c2)cc1. The molecule has 0 saturated carbocycles. The minimum absolute atomic E-state index is 0.323. The van der Waals surface area contributed by atoms with E-state index in [2.05, 4.69) is 21.1 Å². The fourth-order valence-electron chi connectivity index (χ4n) is 3.90. The van der Waals surface area contributed by atoms with Gasteiger partial charge in [-0.3, -0.25) is 9.59 Å². The molecular formula is C33H34N6O3. The van der Waals surface area contributed by atoms with Gasteiger partial charge in [-0.15, -0.1) is 0 Å². The zero-order valence-electron chi connectivity index (χ0n) is 24.1. The first-order chi connectivity index (χ1) is 20.3. The third-order valence-electron chi connectivity index (χ3n) is 6.25. The summed E-state index contributed by atoms with van der Waals surface area (Å²) in [5, 5.41) is 8.27. The molecule has 9 nitrogen and oxygen atoms in total. The maximum absolute atomic E-state index is 12.6. The highest BCUT2D eigenvalue weighted by atomic mass is 16.5. The van der Waals surface area contributed by atoms with Crippen molar-refractivity contribution < 1.29 is 14.3 Å². The van der Waals surface area contributed by atoms with Crippen molar-refractivity contribution in [2.75, 3.05) is 38.0 Å². The molecule has 0 unspecified atom stereocenters. The largest absolute Gasteiger partial charge is 0.489 e. The van der Waals surface area contributed by atoms with E-state index in [1.54, 1.807) is 24.3 Å². The zero-order chi connectivity index (χ0) is 29.9. The number of ether oxygens (including phenoxy) is 1. The predicted molar refractivity (Wildman–Crippen MR) is 169 cm³/mol. The molecule has 9 heteroatoms. The molecule has 0 radical (unpaired) electrons. The van der Waals surface area contributed by atoms with Crippen LogP contribution >= 0.6 is 0 Å². The molecule has 0 aliphatic rings. The van der Waals surface area contributed by atoms with Gasteiger partial charge in [0.05, 0.1) is 12.4 Å². The standard InChI is InChI=1S/C33H34N6O3/c1-38(2)29-14-10-27(11-15-29)32(40)36-34-21-25-18-26(20-31(19-25)42-23-24-8-6-5-7-9-24)22-35-37-33(41)28-12-16-30(17-13-28)39(3)4/h5-22H,23H2,1-4H3,(H,36,40)(H,37,41). The molecule has 2 N–H and O–H groups in total. The molecule has 0 bridgehead atoms. The molecule has 4 aromatic rings. The summed E-state index contributed by atoms with van der Waals surface area (Å²) in [4.78, 5) is 29.0. The van der Waals surface area contributed by atoms with Crippen LogP contribution in [0.4, 0.5) is 11.4 Å². The van der Waals surface area contributed by atoms with Crippen molar-refractivity contribution in [1.82, 2.24) is 10.9 Å². The summed E-state index contributed by atoms with van der Waals surface area (Å²) >= 11 is 0. The highest BCUT2D eigenvalue weighted by molar-refractivity contribution is 5.96. The lowest BCUT2D eigenvalue weighted by Crippen LogP contribution is -2.18. The Bertz CT molecular complexity index is 1450. The maximum atomic E-state index is 12.6. The average molecular weight is 563 g/mol. The molecule has 0 heterocycles. The van der Waals surface area contributed by atoms with E-state index >= 15 is 0 Å². The van der Waals surface area contributed by atoms with Crippen LogP contribution in [0.1, 0.15) is 37.4 Å². The Morgan fingerprint density at radius 2 is 1.12 bits per heavy atom. The van der Waals surface area contributed by atoms with E-state index in [1.165, 1.54) is 12.4 Å². The minimum Gasteiger partial charge on any atom is -0.489 e. The second-order valence-electron chi connectivity index (χ2n) is 9.89. The van der Waals surface area contributed by atoms with E-state index in [0.717, 1.165) is 16.9 Å². The quantitative estimate of drug-likeness (QED) is 0.200. The topological polar surface area (TPSA) is 98.6 Å². The lowest BCUT2D eigenvalue weighted by atomic mass is 10.1. The normalized spacial score (nSPS) is 11.0. The van der Waals surface area contributed by atoms with Gasteiger partial charge in [0.25, 0.3) is 11.8 Å². The summed E-state index contributed by atoms with van der Waals surface area (Å²) in [7, 11) is 7.75. The van der Waals surface area contributed by atoms with Crippen LogP contribution in [0.15, 0.2) is 107 Å². The van der Waals surface area contributed by atoms with Gasteiger partial charge in [0.15, 0.2) is 0 Å². The molecule has 0 spiro atoms. The first kappa shape index (κ1) is 29.5. The van der Waals surface area contributed by atoms with Gasteiger partial charge in [0.1, 0.15) is 12.4 Å². The highest BCUT2D eigenvalue weighted by Gasteiger charge is 2.07. The van der Waals surface area contributed by atoms with Gasteiger partial charge in [-0.2, -0.15) is 10.2 Å². The Hall–Kier alpha value is -5.44. The van der Waals surface area contributed by atoms with Gasteiger partial charge in [-0.1, -0.05) is 30.3 Å². The van der Waals surface area contributed by atoms with Crippen LogP contribution in [0.25, 0.3) is 0 Å². The molecule has 0 aromatic heterocycles. The van der Waals surface area contributed by atoms with Gasteiger partial charge >= 0.3 is 0 Å². The molecule has 214 valence electrons. The van der Waals surface area contributed by atoms with Crippen LogP contribution in [-0.2, 0) is 6.61 Å². The van der Waals surface area contributed by atoms with Crippen molar-refractivity contribution in [1.29, 1.82) is 0 Å². The molecule has 0 fully saturated rings. The fraction of sp³-hybridized carbons (Fsp3) is 0.152. The Morgan fingerprint density at radius 3 is 1.55 bits per heavy atom. The summed E-state index contributed by atoms with van der Waals surface area (Å²) in [5.74, 6) is -0.0623. The summed E-state index contributed by atoms with van der Waals surface area (Å²) in [6.45, 7) is 0.372. The highest BCUT2D eigenvalue weighted by Crippen LogP contribution is 2.18. The van der Waals surface area contributed by atoms with Gasteiger partial charge in [0.2, 0.25) is 0 Å². The third kappa shape index (κ3) is 8.53. The Balaban J connectivity index is 1.46. The van der Waals surface area contributed by atoms with E-state index in [9.17, 15) is 9.59 Å². The average Bonchev–Trinajstić information content (AvgIpc) is 3.00. The van der Waals surface area contributed by atoms with E-state index in [-0.39, 0.29) is 11.8 Å². The molecule has 4 aromatic carbocycles. The second-order valence-corrected chi connectivity index (χ2v) is 9.89. The maximum Gasteiger partial charge on any atom is 0.271 e. The van der Waals surface area contributed by atoms with Crippen LogP contribution < -0.4 is 25.4 Å². The van der Waals surface area contributed by atoms with Crippen molar-refractivity contribution in [2.24, 2.45) is 10.2 Å². The van der Waals surface area contributed by atoms with E-state index in [0.29, 0.717) is 34.6 Å². The Labute approximate surface area is 246 Å². The molecule has 0 aliphatic carbocycles. The number of nitrogens with zero attached hydrogens (tertiary/aromatic N) is 4. The van der Waals surface area contributed by atoms with Crippen molar-refractivity contribution in [3.05, 3.63) is 125 Å². The number of hydrogen-bond donors (Lipinski definition) is 2. The number of hydrazone groups is 2. The van der Waals surface area contributed by atoms with E-state index < -0.39 is 0 Å². The first-order valence-corrected chi connectivity index (χ1v) is 13.3. The van der Waals surface area contributed by atoms with E-state index in [1.807, 2.05) is 111 Å². The first-order valence-electron chi connectivity index (χ1n) is 13.3. The molecule has 0 atom stereocenters. The van der Waals surface area contributed by atoms with Gasteiger partial charge < -0.3 is 14.5 Å². The molecule has 42 heavy (non-hydrogen) atoms. The monoisotopic (exact) mass is 562 g/mol. The number of rotatable bonds is 11. The molecule has 0 aliphatic heterocycles. The lowest BCUT2D eigenvalue weighted by molar-refractivity contribution is 0.0947. The van der Waals surface area contributed by atoms with Crippen molar-refractivity contribution in [3.63, 3.8) is 0 Å². The van der Waals surface area contributed by atoms with Crippen LogP contribution in [0.2, 0.25) is 0 Å². The van der Waals surface area contributed by atoms with Crippen LogP contribution in [0.3, 0.4) is 0 Å².